The summed E-state index contributed by atoms with van der Waals surface area (Å²) < 4.78 is 4.81. The highest BCUT2D eigenvalue weighted by atomic mass is 16.5. The highest BCUT2D eigenvalue weighted by Gasteiger charge is 2.56. The van der Waals surface area contributed by atoms with Crippen molar-refractivity contribution in [3.8, 4) is 11.8 Å². The molecule has 0 aromatic carbocycles. The quantitative estimate of drug-likeness (QED) is 0.437. The Morgan fingerprint density at radius 3 is 2.28 bits per heavy atom. The smallest absolute Gasteiger partial charge is 0.384 e. The second-order valence-electron chi connectivity index (χ2n) is 6.10. The molecule has 18 heavy (non-hydrogen) atoms. The lowest BCUT2D eigenvalue weighted by Crippen LogP contribution is -2.56. The first kappa shape index (κ1) is 12.0. The number of carbonyl (C=O) groups excluding carboxylic acids is 1. The molecular weight excluding hydrogens is 228 g/mol. The largest absolute Gasteiger partial charge is 0.456 e. The first-order chi connectivity index (χ1) is 8.61. The van der Waals surface area contributed by atoms with Gasteiger partial charge in [-0.2, -0.15) is 0 Å². The monoisotopic (exact) mass is 248 g/mol. The molecule has 0 saturated heterocycles. The molecule has 0 amide bonds. The molecule has 98 valence electrons. The average molecular weight is 248 g/mol. The minimum Gasteiger partial charge on any atom is -0.456 e. The zero-order valence-corrected chi connectivity index (χ0v) is 10.8. The van der Waals surface area contributed by atoms with Gasteiger partial charge in [-0.1, -0.05) is 5.92 Å². The van der Waals surface area contributed by atoms with E-state index in [4.69, 9.17) is 4.74 Å². The fourth-order valence-electron chi connectivity index (χ4n) is 4.43. The maximum Gasteiger partial charge on any atom is 0.384 e. The van der Waals surface area contributed by atoms with Crippen molar-refractivity contribution in [3.63, 3.8) is 0 Å². The third-order valence-corrected chi connectivity index (χ3v) is 5.02. The van der Waals surface area contributed by atoms with Crippen LogP contribution in [0.3, 0.4) is 0 Å². The molecular formula is C15H20O3. The molecule has 4 fully saturated rings. The van der Waals surface area contributed by atoms with E-state index in [0.717, 1.165) is 37.5 Å². The standard InChI is InChI=1S/C15H20O3/c1-2-18-14(16)3-4-15(17)12-6-10-5-11(8-12)9-13(15)7-10/h10-13,17H,2,5-9H2,1H3. The molecule has 4 saturated carbocycles. The maximum atomic E-state index is 11.3. The summed E-state index contributed by atoms with van der Waals surface area (Å²) in [6.45, 7) is 2.10. The van der Waals surface area contributed by atoms with E-state index in [1.807, 2.05) is 0 Å². The van der Waals surface area contributed by atoms with Crippen LogP contribution in [0.2, 0.25) is 0 Å². The van der Waals surface area contributed by atoms with Crippen LogP contribution in [0.25, 0.3) is 0 Å². The lowest BCUT2D eigenvalue weighted by molar-refractivity contribution is -0.139. The number of hydrogen-bond donors (Lipinski definition) is 1. The molecule has 0 spiro atoms. The number of rotatable bonds is 1. The van der Waals surface area contributed by atoms with Gasteiger partial charge >= 0.3 is 5.97 Å². The zero-order chi connectivity index (χ0) is 12.8. The number of aliphatic hydroxyl groups is 1. The maximum absolute atomic E-state index is 11.3. The van der Waals surface area contributed by atoms with Crippen LogP contribution in [0, 0.1) is 35.5 Å². The third-order valence-electron chi connectivity index (χ3n) is 5.02. The number of esters is 1. The van der Waals surface area contributed by atoms with Crippen LogP contribution >= 0.6 is 0 Å². The molecule has 4 rings (SSSR count). The van der Waals surface area contributed by atoms with Crippen molar-refractivity contribution in [2.75, 3.05) is 6.61 Å². The fraction of sp³-hybridized carbons (Fsp3) is 0.800. The zero-order valence-electron chi connectivity index (χ0n) is 10.8. The molecule has 0 radical (unpaired) electrons. The van der Waals surface area contributed by atoms with Crippen molar-refractivity contribution in [3.05, 3.63) is 0 Å². The number of hydrogen-bond acceptors (Lipinski definition) is 3. The van der Waals surface area contributed by atoms with Crippen molar-refractivity contribution < 1.29 is 14.6 Å². The van der Waals surface area contributed by atoms with Gasteiger partial charge in [0.1, 0.15) is 5.60 Å². The molecule has 3 heteroatoms. The Morgan fingerprint density at radius 2 is 1.78 bits per heavy atom. The molecule has 0 atom stereocenters. The second kappa shape index (κ2) is 4.28. The van der Waals surface area contributed by atoms with Crippen LogP contribution in [0.15, 0.2) is 0 Å². The highest BCUT2D eigenvalue weighted by Crippen LogP contribution is 2.58. The van der Waals surface area contributed by atoms with Gasteiger partial charge in [-0.15, -0.1) is 0 Å². The molecule has 0 heterocycles. The molecule has 4 aliphatic rings. The van der Waals surface area contributed by atoms with Crippen molar-refractivity contribution in [1.82, 2.24) is 0 Å². The molecule has 3 nitrogen and oxygen atoms in total. The third kappa shape index (κ3) is 1.83. The van der Waals surface area contributed by atoms with E-state index in [9.17, 15) is 9.90 Å². The van der Waals surface area contributed by atoms with Gasteiger partial charge in [-0.05, 0) is 62.7 Å². The van der Waals surface area contributed by atoms with Crippen LogP contribution in [0.1, 0.15) is 39.0 Å². The van der Waals surface area contributed by atoms with Crippen molar-refractivity contribution >= 4 is 5.97 Å². The molecule has 4 aliphatic carbocycles. The van der Waals surface area contributed by atoms with Gasteiger partial charge in [0.05, 0.1) is 6.61 Å². The Morgan fingerprint density at radius 1 is 1.22 bits per heavy atom. The Kier molecular flexibility index (Phi) is 2.86. The summed E-state index contributed by atoms with van der Waals surface area (Å²) in [6, 6.07) is 0. The first-order valence-corrected chi connectivity index (χ1v) is 7.04. The van der Waals surface area contributed by atoms with E-state index < -0.39 is 11.6 Å². The van der Waals surface area contributed by atoms with Gasteiger partial charge in [-0.25, -0.2) is 4.79 Å². The minimum atomic E-state index is -0.930. The summed E-state index contributed by atoms with van der Waals surface area (Å²) in [5, 5.41) is 10.8. The van der Waals surface area contributed by atoms with Crippen LogP contribution < -0.4 is 0 Å². The first-order valence-electron chi connectivity index (χ1n) is 7.04. The van der Waals surface area contributed by atoms with Crippen LogP contribution in [0.5, 0.6) is 0 Å². The summed E-state index contributed by atoms with van der Waals surface area (Å²) >= 11 is 0. The predicted octanol–water partition coefficient (Wildman–Crippen LogP) is 1.74. The molecule has 0 aromatic heterocycles. The number of carbonyl (C=O) groups is 1. The normalized spacial score (nSPS) is 44.3. The van der Waals surface area contributed by atoms with Crippen LogP contribution in [-0.2, 0) is 9.53 Å². The van der Waals surface area contributed by atoms with E-state index in [0.29, 0.717) is 6.61 Å². The Balaban J connectivity index is 1.80. The Labute approximate surface area is 108 Å². The van der Waals surface area contributed by atoms with E-state index in [-0.39, 0.29) is 11.8 Å². The van der Waals surface area contributed by atoms with Gasteiger partial charge in [-0.3, -0.25) is 0 Å². The Hall–Kier alpha value is -1.01. The van der Waals surface area contributed by atoms with Gasteiger partial charge < -0.3 is 9.84 Å². The summed E-state index contributed by atoms with van der Waals surface area (Å²) in [4.78, 5) is 11.3. The van der Waals surface area contributed by atoms with Gasteiger partial charge in [0, 0.05) is 5.92 Å². The van der Waals surface area contributed by atoms with Crippen molar-refractivity contribution in [1.29, 1.82) is 0 Å². The fourth-order valence-corrected chi connectivity index (χ4v) is 4.43. The lowest BCUT2D eigenvalue weighted by atomic mass is 9.50. The SMILES string of the molecule is CCOC(=O)C#CC1(O)C2CC3CC(C2)CC1C3. The summed E-state index contributed by atoms with van der Waals surface area (Å²) in [6.07, 6.45) is 5.68. The van der Waals surface area contributed by atoms with Crippen LogP contribution in [0.4, 0.5) is 0 Å². The van der Waals surface area contributed by atoms with E-state index >= 15 is 0 Å². The lowest BCUT2D eigenvalue weighted by Gasteiger charge is -2.56. The van der Waals surface area contributed by atoms with Gasteiger partial charge in [0.2, 0.25) is 0 Å². The molecule has 4 bridgehead atoms. The summed E-state index contributed by atoms with van der Waals surface area (Å²) in [7, 11) is 0. The van der Waals surface area contributed by atoms with E-state index in [1.54, 1.807) is 6.92 Å². The Bertz CT molecular complexity index is 387. The average Bonchev–Trinajstić information content (AvgIpc) is 2.33. The summed E-state index contributed by atoms with van der Waals surface area (Å²) in [5.74, 6) is 6.96. The molecule has 1 N–H and O–H groups in total. The van der Waals surface area contributed by atoms with Gasteiger partial charge in [0.15, 0.2) is 0 Å². The molecule has 0 aliphatic heterocycles. The van der Waals surface area contributed by atoms with Gasteiger partial charge in [0.25, 0.3) is 0 Å². The predicted molar refractivity (Wildman–Crippen MR) is 66.4 cm³/mol. The molecule has 0 aromatic rings. The minimum absolute atomic E-state index is 0.274. The van der Waals surface area contributed by atoms with E-state index in [1.165, 1.54) is 6.42 Å². The van der Waals surface area contributed by atoms with Crippen molar-refractivity contribution in [2.24, 2.45) is 23.7 Å². The van der Waals surface area contributed by atoms with Crippen molar-refractivity contribution in [2.45, 2.75) is 44.6 Å². The van der Waals surface area contributed by atoms with E-state index in [2.05, 4.69) is 11.8 Å². The summed E-state index contributed by atoms with van der Waals surface area (Å²) in [5.41, 5.74) is -0.930. The number of ether oxygens (including phenoxy) is 1. The molecule has 0 unspecified atom stereocenters. The second-order valence-corrected chi connectivity index (χ2v) is 6.10. The highest BCUT2D eigenvalue weighted by molar-refractivity contribution is 5.88. The topological polar surface area (TPSA) is 46.5 Å². The van der Waals surface area contributed by atoms with Crippen LogP contribution in [-0.4, -0.2) is 23.3 Å².